The zero-order chi connectivity index (χ0) is 18.2. The molecule has 7 nitrogen and oxygen atoms in total. The molecule has 130 valence electrons. The highest BCUT2D eigenvalue weighted by Crippen LogP contribution is 2.25. The highest BCUT2D eigenvalue weighted by atomic mass is 32.2. The molecule has 2 aromatic rings. The molecule has 0 aliphatic heterocycles. The molecule has 0 aliphatic carbocycles. The van der Waals surface area contributed by atoms with Crippen molar-refractivity contribution in [3.8, 4) is 0 Å². The van der Waals surface area contributed by atoms with Gasteiger partial charge in [0.25, 0.3) is 10.0 Å². The molecule has 2 N–H and O–H groups in total. The molecule has 0 aliphatic rings. The van der Waals surface area contributed by atoms with Crippen LogP contribution in [-0.4, -0.2) is 46.1 Å². The van der Waals surface area contributed by atoms with E-state index < -0.39 is 28.3 Å². The van der Waals surface area contributed by atoms with E-state index in [9.17, 15) is 18.5 Å². The summed E-state index contributed by atoms with van der Waals surface area (Å²) in [5.41, 5.74) is -2.10. The van der Waals surface area contributed by atoms with Gasteiger partial charge in [0.05, 0.1) is 16.1 Å². The summed E-state index contributed by atoms with van der Waals surface area (Å²) in [6.45, 7) is 6.37. The zero-order valence-electron chi connectivity index (χ0n) is 14.0. The maximum absolute atomic E-state index is 12.5. The fraction of sp³-hybridized carbons (Fsp3) is 0.400. The van der Waals surface area contributed by atoms with Crippen molar-refractivity contribution < 1.29 is 23.2 Å². The summed E-state index contributed by atoms with van der Waals surface area (Å²) in [6, 6.07) is 7.86. The van der Waals surface area contributed by atoms with E-state index in [1.165, 1.54) is 24.5 Å². The molecule has 0 saturated carbocycles. The molecule has 0 atom stereocenters. The smallest absolute Gasteiger partial charge is 0.423 e. The van der Waals surface area contributed by atoms with Gasteiger partial charge in [0.1, 0.15) is 0 Å². The Hall–Kier alpha value is -1.68. The van der Waals surface area contributed by atoms with Crippen LogP contribution in [-0.2, 0) is 14.7 Å². The molecule has 1 aromatic carbocycles. The van der Waals surface area contributed by atoms with E-state index >= 15 is 0 Å². The van der Waals surface area contributed by atoms with Gasteiger partial charge in [-0.1, -0.05) is 18.2 Å². The standard InChI is InChI=1S/C15H21BN2O5S/c1-14(2,19)15(3,4)23-16(20)12-10-17-18(11-12)24(21,22)13-8-6-5-7-9-13/h5-11,19-20H,1-4H3. The molecular formula is C15H21BN2O5S. The predicted octanol–water partition coefficient (Wildman–Crippen LogP) is 0.374. The van der Waals surface area contributed by atoms with Gasteiger partial charge in [-0.2, -0.15) is 17.6 Å². The van der Waals surface area contributed by atoms with Crippen molar-refractivity contribution in [3.05, 3.63) is 42.7 Å². The molecule has 0 unspecified atom stereocenters. The SMILES string of the molecule is CC(C)(O)C(C)(C)OB(O)c1cnn(S(=O)(=O)c2ccccc2)c1. The van der Waals surface area contributed by atoms with Crippen LogP contribution in [0.5, 0.6) is 0 Å². The van der Waals surface area contributed by atoms with Gasteiger partial charge >= 0.3 is 7.12 Å². The van der Waals surface area contributed by atoms with Gasteiger partial charge < -0.3 is 14.8 Å². The molecule has 0 spiro atoms. The summed E-state index contributed by atoms with van der Waals surface area (Å²) in [4.78, 5) is 0.0897. The topological polar surface area (TPSA) is 102 Å². The highest BCUT2D eigenvalue weighted by molar-refractivity contribution is 7.89. The van der Waals surface area contributed by atoms with Crippen molar-refractivity contribution in [2.24, 2.45) is 0 Å². The molecule has 0 amide bonds. The summed E-state index contributed by atoms with van der Waals surface area (Å²) in [5.74, 6) is 0. The lowest BCUT2D eigenvalue weighted by molar-refractivity contribution is -0.0982. The van der Waals surface area contributed by atoms with Gasteiger partial charge in [-0.15, -0.1) is 0 Å². The second-order valence-corrected chi connectivity index (χ2v) is 8.30. The summed E-state index contributed by atoms with van der Waals surface area (Å²) in [6.07, 6.45) is 2.40. The first-order chi connectivity index (χ1) is 10.9. The first kappa shape index (κ1) is 18.7. The number of aromatic nitrogens is 2. The van der Waals surface area contributed by atoms with Gasteiger partial charge in [-0.05, 0) is 39.8 Å². The maximum Gasteiger partial charge on any atom is 0.494 e. The molecule has 1 heterocycles. The number of nitrogens with zero attached hydrogens (tertiary/aromatic N) is 2. The Labute approximate surface area is 142 Å². The van der Waals surface area contributed by atoms with Crippen LogP contribution >= 0.6 is 0 Å². The van der Waals surface area contributed by atoms with Gasteiger partial charge in [0, 0.05) is 17.9 Å². The second kappa shape index (κ2) is 6.32. The van der Waals surface area contributed by atoms with Crippen LogP contribution in [0, 0.1) is 0 Å². The van der Waals surface area contributed by atoms with E-state index in [0.717, 1.165) is 4.09 Å². The van der Waals surface area contributed by atoms with Crippen molar-refractivity contribution in [1.82, 2.24) is 9.19 Å². The zero-order valence-corrected chi connectivity index (χ0v) is 14.9. The monoisotopic (exact) mass is 352 g/mol. The number of hydrogen-bond acceptors (Lipinski definition) is 6. The molecule has 0 radical (unpaired) electrons. The molecule has 9 heteroatoms. The van der Waals surface area contributed by atoms with Crippen molar-refractivity contribution >= 4 is 22.6 Å². The Bertz CT molecular complexity index is 797. The molecule has 0 saturated heterocycles. The third-order valence-electron chi connectivity index (χ3n) is 4.03. The first-order valence-corrected chi connectivity index (χ1v) is 8.82. The molecule has 1 aromatic heterocycles. The third kappa shape index (κ3) is 3.69. The number of rotatable bonds is 6. The van der Waals surface area contributed by atoms with E-state index in [4.69, 9.17) is 4.65 Å². The van der Waals surface area contributed by atoms with Crippen LogP contribution in [0.1, 0.15) is 27.7 Å². The largest absolute Gasteiger partial charge is 0.494 e. The van der Waals surface area contributed by atoms with Gasteiger partial charge in [0.15, 0.2) is 0 Å². The quantitative estimate of drug-likeness (QED) is 0.729. The van der Waals surface area contributed by atoms with Crippen LogP contribution in [0.4, 0.5) is 0 Å². The lowest BCUT2D eigenvalue weighted by Gasteiger charge is -2.38. The number of hydrogen-bond donors (Lipinski definition) is 2. The number of aliphatic hydroxyl groups is 1. The van der Waals surface area contributed by atoms with Gasteiger partial charge in [-0.25, -0.2) is 0 Å². The van der Waals surface area contributed by atoms with Gasteiger partial charge in [-0.3, -0.25) is 0 Å². The van der Waals surface area contributed by atoms with Crippen LogP contribution in [0.3, 0.4) is 0 Å². The summed E-state index contributed by atoms with van der Waals surface area (Å²) in [5, 5.41) is 24.1. The second-order valence-electron chi connectivity index (χ2n) is 6.50. The van der Waals surface area contributed by atoms with E-state index in [0.29, 0.717) is 0 Å². The Morgan fingerprint density at radius 2 is 1.75 bits per heavy atom. The molecular weight excluding hydrogens is 331 g/mol. The van der Waals surface area contributed by atoms with Crippen LogP contribution in [0.15, 0.2) is 47.6 Å². The molecule has 0 bridgehead atoms. The average Bonchev–Trinajstić information content (AvgIpc) is 2.97. The minimum atomic E-state index is -3.83. The molecule has 24 heavy (non-hydrogen) atoms. The van der Waals surface area contributed by atoms with Crippen molar-refractivity contribution in [2.45, 2.75) is 43.8 Å². The van der Waals surface area contributed by atoms with Crippen molar-refractivity contribution in [3.63, 3.8) is 0 Å². The van der Waals surface area contributed by atoms with E-state index in [1.807, 2.05) is 0 Å². The fourth-order valence-corrected chi connectivity index (χ4v) is 2.92. The third-order valence-corrected chi connectivity index (χ3v) is 5.59. The van der Waals surface area contributed by atoms with E-state index in [2.05, 4.69) is 5.10 Å². The minimum absolute atomic E-state index is 0.0897. The lowest BCUT2D eigenvalue weighted by Crippen LogP contribution is -2.53. The minimum Gasteiger partial charge on any atom is -0.423 e. The molecule has 2 rings (SSSR count). The maximum atomic E-state index is 12.5. The summed E-state index contributed by atoms with van der Waals surface area (Å²) in [7, 11) is -5.26. The van der Waals surface area contributed by atoms with Crippen LogP contribution in [0.2, 0.25) is 0 Å². The molecule has 0 fully saturated rings. The summed E-state index contributed by atoms with van der Waals surface area (Å²) >= 11 is 0. The lowest BCUT2D eigenvalue weighted by atomic mass is 9.78. The Morgan fingerprint density at radius 3 is 2.29 bits per heavy atom. The normalized spacial score (nSPS) is 13.1. The Kier molecular flexibility index (Phi) is 4.92. The Balaban J connectivity index is 2.25. The van der Waals surface area contributed by atoms with Gasteiger partial charge in [0.2, 0.25) is 0 Å². The van der Waals surface area contributed by atoms with Crippen molar-refractivity contribution in [1.29, 1.82) is 0 Å². The average molecular weight is 352 g/mol. The highest BCUT2D eigenvalue weighted by Gasteiger charge is 2.40. The first-order valence-electron chi connectivity index (χ1n) is 7.38. The van der Waals surface area contributed by atoms with E-state index in [-0.39, 0.29) is 10.4 Å². The van der Waals surface area contributed by atoms with Crippen LogP contribution < -0.4 is 5.46 Å². The fourth-order valence-electron chi connectivity index (χ4n) is 1.77. The summed E-state index contributed by atoms with van der Waals surface area (Å²) < 4.78 is 31.2. The number of benzene rings is 1. The predicted molar refractivity (Wildman–Crippen MR) is 90.3 cm³/mol. The Morgan fingerprint density at radius 1 is 1.17 bits per heavy atom. The van der Waals surface area contributed by atoms with Crippen molar-refractivity contribution in [2.75, 3.05) is 0 Å². The van der Waals surface area contributed by atoms with Crippen LogP contribution in [0.25, 0.3) is 0 Å². The van der Waals surface area contributed by atoms with E-state index in [1.54, 1.807) is 45.9 Å².